The molecular weight excluding hydrogens is 288 g/mol. The summed E-state index contributed by atoms with van der Waals surface area (Å²) < 4.78 is 27.6. The molecule has 6 nitrogen and oxygen atoms in total. The number of nitrogens with one attached hydrogen (secondary N) is 2. The third-order valence-corrected chi connectivity index (χ3v) is 5.14. The van der Waals surface area contributed by atoms with Crippen molar-refractivity contribution in [1.82, 2.24) is 14.6 Å². The van der Waals surface area contributed by atoms with E-state index in [1.807, 2.05) is 6.92 Å². The minimum atomic E-state index is -3.52. The fraction of sp³-hybridized carbons (Fsp3) is 0.643. The summed E-state index contributed by atoms with van der Waals surface area (Å²) in [6.07, 6.45) is 3.78. The summed E-state index contributed by atoms with van der Waals surface area (Å²) in [6.45, 7) is 5.06. The first kappa shape index (κ1) is 16.2. The van der Waals surface area contributed by atoms with Crippen molar-refractivity contribution in [3.63, 3.8) is 0 Å². The maximum atomic E-state index is 12.4. The van der Waals surface area contributed by atoms with Crippen LogP contribution in [0, 0.1) is 5.92 Å². The van der Waals surface area contributed by atoms with Gasteiger partial charge in [-0.05, 0) is 51.4 Å². The number of rotatable bonds is 6. The Labute approximate surface area is 127 Å². The molecule has 1 saturated heterocycles. The first-order chi connectivity index (χ1) is 10.0. The first-order valence-corrected chi connectivity index (χ1v) is 8.88. The van der Waals surface area contributed by atoms with Crippen molar-refractivity contribution in [2.45, 2.75) is 24.7 Å². The number of anilines is 1. The molecule has 0 radical (unpaired) electrons. The van der Waals surface area contributed by atoms with Gasteiger partial charge >= 0.3 is 0 Å². The van der Waals surface area contributed by atoms with E-state index < -0.39 is 10.0 Å². The Morgan fingerprint density at radius 1 is 1.48 bits per heavy atom. The van der Waals surface area contributed by atoms with E-state index in [2.05, 4.69) is 27.0 Å². The average molecular weight is 312 g/mol. The lowest BCUT2D eigenvalue weighted by atomic mass is 9.99. The summed E-state index contributed by atoms with van der Waals surface area (Å²) in [6, 6.07) is 3.23. The Balaban J connectivity index is 2.04. The van der Waals surface area contributed by atoms with E-state index in [9.17, 15) is 8.42 Å². The molecule has 118 valence electrons. The molecule has 0 bridgehead atoms. The fourth-order valence-corrected chi connectivity index (χ4v) is 3.90. The predicted octanol–water partition coefficient (Wildman–Crippen LogP) is 1.13. The molecule has 0 spiro atoms. The molecule has 0 aliphatic carbocycles. The number of hydrogen-bond acceptors (Lipinski definition) is 5. The molecule has 1 aliphatic rings. The molecule has 0 amide bonds. The smallest absolute Gasteiger partial charge is 0.244 e. The number of sulfonamides is 1. The Bertz CT molecular complexity index is 562. The highest BCUT2D eigenvalue weighted by molar-refractivity contribution is 7.89. The van der Waals surface area contributed by atoms with E-state index in [0.29, 0.717) is 24.8 Å². The van der Waals surface area contributed by atoms with Crippen LogP contribution in [0.1, 0.15) is 19.8 Å². The van der Waals surface area contributed by atoms with Crippen LogP contribution in [-0.2, 0) is 10.0 Å². The normalized spacial score (nSPS) is 20.4. The summed E-state index contributed by atoms with van der Waals surface area (Å²) in [5.74, 6) is 0.783. The molecule has 0 aromatic carbocycles. The Morgan fingerprint density at radius 3 is 3.00 bits per heavy atom. The maximum absolute atomic E-state index is 12.4. The number of hydrogen-bond donors (Lipinski definition) is 2. The monoisotopic (exact) mass is 312 g/mol. The molecule has 7 heteroatoms. The van der Waals surface area contributed by atoms with Gasteiger partial charge in [0.25, 0.3) is 0 Å². The lowest BCUT2D eigenvalue weighted by Crippen LogP contribution is -2.39. The van der Waals surface area contributed by atoms with Crippen molar-refractivity contribution in [3.8, 4) is 0 Å². The molecule has 2 heterocycles. The van der Waals surface area contributed by atoms with Crippen LogP contribution in [0.3, 0.4) is 0 Å². The molecule has 21 heavy (non-hydrogen) atoms. The summed E-state index contributed by atoms with van der Waals surface area (Å²) in [4.78, 5) is 6.57. The predicted molar refractivity (Wildman–Crippen MR) is 83.8 cm³/mol. The molecular formula is C14H24N4O2S. The van der Waals surface area contributed by atoms with Crippen LogP contribution in [0.4, 0.5) is 5.82 Å². The van der Waals surface area contributed by atoms with Gasteiger partial charge in [-0.2, -0.15) is 0 Å². The number of aromatic nitrogens is 1. The van der Waals surface area contributed by atoms with Gasteiger partial charge < -0.3 is 10.2 Å². The molecule has 1 atom stereocenters. The van der Waals surface area contributed by atoms with Gasteiger partial charge in [0.15, 0.2) is 0 Å². The molecule has 1 aromatic heterocycles. The van der Waals surface area contributed by atoms with Crippen molar-refractivity contribution in [1.29, 1.82) is 0 Å². The topological polar surface area (TPSA) is 74.3 Å². The van der Waals surface area contributed by atoms with Crippen LogP contribution in [0.2, 0.25) is 0 Å². The van der Waals surface area contributed by atoms with Crippen LogP contribution in [0.25, 0.3) is 0 Å². The van der Waals surface area contributed by atoms with Gasteiger partial charge in [0.2, 0.25) is 10.0 Å². The average Bonchev–Trinajstić information content (AvgIpc) is 2.46. The van der Waals surface area contributed by atoms with Gasteiger partial charge in [-0.3, -0.25) is 0 Å². The highest BCUT2D eigenvalue weighted by Gasteiger charge is 2.22. The van der Waals surface area contributed by atoms with E-state index in [0.717, 1.165) is 25.9 Å². The van der Waals surface area contributed by atoms with Crippen molar-refractivity contribution in [2.24, 2.45) is 5.92 Å². The van der Waals surface area contributed by atoms with Crippen molar-refractivity contribution in [2.75, 3.05) is 38.5 Å². The van der Waals surface area contributed by atoms with Crippen molar-refractivity contribution < 1.29 is 8.42 Å². The van der Waals surface area contributed by atoms with Gasteiger partial charge in [0.1, 0.15) is 10.7 Å². The molecule has 2 N–H and O–H groups in total. The fourth-order valence-electron chi connectivity index (χ4n) is 2.65. The second kappa shape index (κ2) is 7.20. The van der Waals surface area contributed by atoms with Gasteiger partial charge in [0, 0.05) is 25.8 Å². The van der Waals surface area contributed by atoms with E-state index >= 15 is 0 Å². The zero-order valence-corrected chi connectivity index (χ0v) is 13.5. The summed E-state index contributed by atoms with van der Waals surface area (Å²) in [7, 11) is -1.45. The van der Waals surface area contributed by atoms with Gasteiger partial charge in [-0.1, -0.05) is 0 Å². The molecule has 1 unspecified atom stereocenters. The van der Waals surface area contributed by atoms with Crippen LogP contribution in [0.5, 0.6) is 0 Å². The quantitative estimate of drug-likeness (QED) is 0.824. The molecule has 1 aromatic rings. The molecule has 0 saturated carbocycles. The van der Waals surface area contributed by atoms with Gasteiger partial charge in [-0.15, -0.1) is 0 Å². The third kappa shape index (κ3) is 4.39. The van der Waals surface area contributed by atoms with E-state index in [1.54, 1.807) is 18.3 Å². The number of pyridine rings is 1. The zero-order chi connectivity index (χ0) is 15.3. The second-order valence-electron chi connectivity index (χ2n) is 5.50. The summed E-state index contributed by atoms with van der Waals surface area (Å²) in [5, 5.41) is 2.99. The molecule has 2 rings (SSSR count). The molecule has 1 aliphatic heterocycles. The highest BCUT2D eigenvalue weighted by Crippen LogP contribution is 2.19. The maximum Gasteiger partial charge on any atom is 0.244 e. The van der Waals surface area contributed by atoms with Crippen LogP contribution >= 0.6 is 0 Å². The summed E-state index contributed by atoms with van der Waals surface area (Å²) in [5.41, 5.74) is 0. The van der Waals surface area contributed by atoms with E-state index in [4.69, 9.17) is 0 Å². The zero-order valence-electron chi connectivity index (χ0n) is 12.7. The lowest BCUT2D eigenvalue weighted by molar-refractivity contribution is 0.211. The van der Waals surface area contributed by atoms with Crippen molar-refractivity contribution in [3.05, 3.63) is 18.3 Å². The number of likely N-dealkylation sites (tertiary alicyclic amines) is 1. The first-order valence-electron chi connectivity index (χ1n) is 7.40. The molecule has 1 fully saturated rings. The number of nitrogens with zero attached hydrogens (tertiary/aromatic N) is 2. The minimum absolute atomic E-state index is 0.219. The van der Waals surface area contributed by atoms with Crippen LogP contribution < -0.4 is 10.0 Å². The lowest BCUT2D eigenvalue weighted by Gasteiger charge is -2.29. The third-order valence-electron chi connectivity index (χ3n) is 3.69. The van der Waals surface area contributed by atoms with Crippen molar-refractivity contribution >= 4 is 15.8 Å². The minimum Gasteiger partial charge on any atom is -0.369 e. The number of piperidine rings is 1. The standard InChI is InChI=1S/C14H24N4O2S/c1-3-15-14-13(7-4-8-16-14)21(19,20)17-10-12-6-5-9-18(2)11-12/h4,7-8,12,17H,3,5-6,9-11H2,1-2H3,(H,15,16). The van der Waals surface area contributed by atoms with Gasteiger partial charge in [-0.25, -0.2) is 18.1 Å². The van der Waals surface area contributed by atoms with Crippen LogP contribution in [-0.4, -0.2) is 51.5 Å². The Morgan fingerprint density at radius 2 is 2.29 bits per heavy atom. The SMILES string of the molecule is CCNc1ncccc1S(=O)(=O)NCC1CCCN(C)C1. The van der Waals surface area contributed by atoms with Crippen LogP contribution in [0.15, 0.2) is 23.2 Å². The Hall–Kier alpha value is -1.18. The Kier molecular flexibility index (Phi) is 5.55. The highest BCUT2D eigenvalue weighted by atomic mass is 32.2. The van der Waals surface area contributed by atoms with E-state index in [-0.39, 0.29) is 4.90 Å². The largest absolute Gasteiger partial charge is 0.369 e. The second-order valence-corrected chi connectivity index (χ2v) is 7.24. The summed E-state index contributed by atoms with van der Waals surface area (Å²) >= 11 is 0. The van der Waals surface area contributed by atoms with Gasteiger partial charge in [0.05, 0.1) is 0 Å². The van der Waals surface area contributed by atoms with E-state index in [1.165, 1.54) is 0 Å².